The van der Waals surface area contributed by atoms with Crippen molar-refractivity contribution in [1.82, 2.24) is 4.90 Å². The van der Waals surface area contributed by atoms with E-state index in [-0.39, 0.29) is 23.7 Å². The maximum Gasteiger partial charge on any atom is 0.0696 e. The average Bonchev–Trinajstić information content (AvgIpc) is 2.71. The fourth-order valence-corrected chi connectivity index (χ4v) is 3.83. The number of benzene rings is 2. The van der Waals surface area contributed by atoms with E-state index >= 15 is 0 Å². The van der Waals surface area contributed by atoms with E-state index in [1.807, 2.05) is 0 Å². The molecule has 0 aliphatic carbocycles. The van der Waals surface area contributed by atoms with Crippen molar-refractivity contribution < 1.29 is 0 Å². The van der Waals surface area contributed by atoms with Crippen LogP contribution >= 0.6 is 12.4 Å². The lowest BCUT2D eigenvalue weighted by Crippen LogP contribution is -2.35. The van der Waals surface area contributed by atoms with Crippen molar-refractivity contribution in [2.75, 3.05) is 19.6 Å². The van der Waals surface area contributed by atoms with Crippen LogP contribution < -0.4 is 0 Å². The van der Waals surface area contributed by atoms with Crippen molar-refractivity contribution in [3.8, 4) is 6.07 Å². The molecule has 0 saturated heterocycles. The highest BCUT2D eigenvalue weighted by atomic mass is 35.5. The normalized spacial score (nSPS) is 12.7. The van der Waals surface area contributed by atoms with Crippen LogP contribution in [0.2, 0.25) is 0 Å². The fraction of sp³-hybridized carbons (Fsp3) is 0.464. The summed E-state index contributed by atoms with van der Waals surface area (Å²) >= 11 is 0. The molecule has 2 rings (SSSR count). The number of hydrogen-bond acceptors (Lipinski definition) is 2. The minimum Gasteiger partial charge on any atom is -0.296 e. The van der Waals surface area contributed by atoms with E-state index < -0.39 is 0 Å². The molecule has 0 bridgehead atoms. The molecular formula is C28H39ClN2. The van der Waals surface area contributed by atoms with E-state index in [0.717, 1.165) is 32.5 Å². The van der Waals surface area contributed by atoms with Crippen molar-refractivity contribution in [2.45, 2.75) is 54.4 Å². The standard InChI is InChI=1S/C28H38N2.ClH/c1-22(2)14-17-30(18-15-23(3)4)19-16-28(21-29,24(5)6)20-26-12-9-11-25-10-7-8-13-27(25)26;/h7-15,24H,16-20H2,1-6H3;1H. The van der Waals surface area contributed by atoms with Gasteiger partial charge in [0.2, 0.25) is 0 Å². The summed E-state index contributed by atoms with van der Waals surface area (Å²) in [7, 11) is 0. The molecule has 0 spiro atoms. The summed E-state index contributed by atoms with van der Waals surface area (Å²) in [6.45, 7) is 15.8. The summed E-state index contributed by atoms with van der Waals surface area (Å²) in [6.07, 6.45) is 6.24. The largest absolute Gasteiger partial charge is 0.296 e. The van der Waals surface area contributed by atoms with Crippen LogP contribution in [0.25, 0.3) is 10.8 Å². The Labute approximate surface area is 196 Å². The van der Waals surface area contributed by atoms with Crippen LogP contribution in [0.4, 0.5) is 0 Å². The Morgan fingerprint density at radius 3 is 2.10 bits per heavy atom. The number of rotatable bonds is 10. The third-order valence-electron chi connectivity index (χ3n) is 6.10. The minimum absolute atomic E-state index is 0. The lowest BCUT2D eigenvalue weighted by atomic mass is 9.71. The van der Waals surface area contributed by atoms with Crippen molar-refractivity contribution in [2.24, 2.45) is 11.3 Å². The lowest BCUT2D eigenvalue weighted by molar-refractivity contribution is 0.206. The van der Waals surface area contributed by atoms with E-state index in [2.05, 4.69) is 107 Å². The summed E-state index contributed by atoms with van der Waals surface area (Å²) < 4.78 is 0. The highest BCUT2D eigenvalue weighted by Gasteiger charge is 2.34. The van der Waals surface area contributed by atoms with Crippen LogP contribution in [0.15, 0.2) is 65.8 Å². The lowest BCUT2D eigenvalue weighted by Gasteiger charge is -2.33. The molecule has 2 aromatic carbocycles. The quantitative estimate of drug-likeness (QED) is 0.357. The average molecular weight is 439 g/mol. The zero-order valence-electron chi connectivity index (χ0n) is 20.1. The predicted molar refractivity (Wildman–Crippen MR) is 138 cm³/mol. The molecule has 0 amide bonds. The first-order valence-electron chi connectivity index (χ1n) is 11.1. The molecule has 2 nitrogen and oxygen atoms in total. The molecule has 0 N–H and O–H groups in total. The molecule has 0 aliphatic rings. The molecule has 1 unspecified atom stereocenters. The Kier molecular flexibility index (Phi) is 11.0. The van der Waals surface area contributed by atoms with Gasteiger partial charge in [0.05, 0.1) is 11.5 Å². The Morgan fingerprint density at radius 1 is 0.968 bits per heavy atom. The highest BCUT2D eigenvalue weighted by Crippen LogP contribution is 2.37. The second-order valence-corrected chi connectivity index (χ2v) is 9.31. The monoisotopic (exact) mass is 438 g/mol. The molecule has 0 aliphatic heterocycles. The number of nitrogens with zero attached hydrogens (tertiary/aromatic N) is 2. The van der Waals surface area contributed by atoms with Gasteiger partial charge in [-0.3, -0.25) is 4.90 Å². The maximum atomic E-state index is 10.3. The zero-order chi connectivity index (χ0) is 22.1. The van der Waals surface area contributed by atoms with E-state index in [9.17, 15) is 5.26 Å². The summed E-state index contributed by atoms with van der Waals surface area (Å²) in [6, 6.07) is 17.7. The minimum atomic E-state index is -0.377. The van der Waals surface area contributed by atoms with Gasteiger partial charge < -0.3 is 0 Å². The molecule has 168 valence electrons. The van der Waals surface area contributed by atoms with Crippen LogP contribution in [0.5, 0.6) is 0 Å². The van der Waals surface area contributed by atoms with Gasteiger partial charge >= 0.3 is 0 Å². The van der Waals surface area contributed by atoms with Crippen LogP contribution in [-0.4, -0.2) is 24.5 Å². The Bertz CT molecular complexity index is 902. The first-order valence-corrected chi connectivity index (χ1v) is 11.1. The second kappa shape index (κ2) is 12.7. The molecule has 0 saturated carbocycles. The van der Waals surface area contributed by atoms with Gasteiger partial charge in [0.15, 0.2) is 0 Å². The summed E-state index contributed by atoms with van der Waals surface area (Å²) in [4.78, 5) is 2.46. The third kappa shape index (κ3) is 7.84. The summed E-state index contributed by atoms with van der Waals surface area (Å²) in [5, 5.41) is 12.9. The van der Waals surface area contributed by atoms with Gasteiger partial charge in [0, 0.05) is 19.6 Å². The van der Waals surface area contributed by atoms with Crippen molar-refractivity contribution in [3.63, 3.8) is 0 Å². The van der Waals surface area contributed by atoms with Crippen molar-refractivity contribution >= 4 is 23.2 Å². The Hall–Kier alpha value is -2.08. The highest BCUT2D eigenvalue weighted by molar-refractivity contribution is 5.86. The molecule has 1 atom stereocenters. The van der Waals surface area contributed by atoms with Crippen LogP contribution in [0.1, 0.15) is 53.5 Å². The Morgan fingerprint density at radius 2 is 1.55 bits per heavy atom. The van der Waals surface area contributed by atoms with Crippen molar-refractivity contribution in [1.29, 1.82) is 5.26 Å². The van der Waals surface area contributed by atoms with Gasteiger partial charge in [-0.1, -0.05) is 79.6 Å². The molecule has 0 fully saturated rings. The van der Waals surface area contributed by atoms with Gasteiger partial charge in [-0.15, -0.1) is 12.4 Å². The smallest absolute Gasteiger partial charge is 0.0696 e. The molecule has 2 aromatic rings. The summed E-state index contributed by atoms with van der Waals surface area (Å²) in [5.41, 5.74) is 3.58. The Balaban J connectivity index is 0.00000480. The number of hydrogen-bond donors (Lipinski definition) is 0. The first kappa shape index (κ1) is 27.0. The molecule has 31 heavy (non-hydrogen) atoms. The van der Waals surface area contributed by atoms with E-state index in [1.165, 1.54) is 27.5 Å². The number of nitriles is 1. The van der Waals surface area contributed by atoms with E-state index in [0.29, 0.717) is 0 Å². The zero-order valence-corrected chi connectivity index (χ0v) is 20.9. The second-order valence-electron chi connectivity index (χ2n) is 9.31. The fourth-order valence-electron chi connectivity index (χ4n) is 3.83. The van der Waals surface area contributed by atoms with Gasteiger partial charge in [-0.2, -0.15) is 5.26 Å². The molecule has 0 radical (unpaired) electrons. The number of fused-ring (bicyclic) bond motifs is 1. The topological polar surface area (TPSA) is 27.0 Å². The SMILES string of the molecule is CC(C)=CCN(CC=C(C)C)CCC(C#N)(Cc1cccc2ccccc12)C(C)C.Cl. The van der Waals surface area contributed by atoms with Crippen LogP contribution in [0, 0.1) is 22.7 Å². The third-order valence-corrected chi connectivity index (χ3v) is 6.10. The molecular weight excluding hydrogens is 400 g/mol. The maximum absolute atomic E-state index is 10.3. The summed E-state index contributed by atoms with van der Waals surface area (Å²) in [5.74, 6) is 0.287. The van der Waals surface area contributed by atoms with Crippen LogP contribution in [0.3, 0.4) is 0 Å². The van der Waals surface area contributed by atoms with Gasteiger partial charge in [0.25, 0.3) is 0 Å². The van der Waals surface area contributed by atoms with Gasteiger partial charge in [-0.05, 0) is 62.8 Å². The van der Waals surface area contributed by atoms with Gasteiger partial charge in [-0.25, -0.2) is 0 Å². The number of allylic oxidation sites excluding steroid dienone is 2. The molecule has 0 heterocycles. The van der Waals surface area contributed by atoms with Crippen LogP contribution in [-0.2, 0) is 6.42 Å². The molecule has 3 heteroatoms. The van der Waals surface area contributed by atoms with Crippen molar-refractivity contribution in [3.05, 3.63) is 71.3 Å². The van der Waals surface area contributed by atoms with Gasteiger partial charge in [0.1, 0.15) is 0 Å². The number of halogens is 1. The van der Waals surface area contributed by atoms with E-state index in [4.69, 9.17) is 0 Å². The van der Waals surface area contributed by atoms with E-state index in [1.54, 1.807) is 0 Å². The first-order chi connectivity index (χ1) is 14.3. The molecule has 0 aromatic heterocycles. The predicted octanol–water partition coefficient (Wildman–Crippen LogP) is 7.59.